The molecule has 76 valence electrons. The van der Waals surface area contributed by atoms with Gasteiger partial charge in [0.05, 0.1) is 11.0 Å². The third-order valence-electron chi connectivity index (χ3n) is 4.09. The number of hydrogen-bond donors (Lipinski definition) is 1. The summed E-state index contributed by atoms with van der Waals surface area (Å²) in [4.78, 5) is 0. The van der Waals surface area contributed by atoms with Gasteiger partial charge in [-0.05, 0) is 25.8 Å². The van der Waals surface area contributed by atoms with Gasteiger partial charge in [0.25, 0.3) is 0 Å². The second kappa shape index (κ2) is 2.70. The number of sulfone groups is 1. The lowest BCUT2D eigenvalue weighted by atomic mass is 9.75. The molecule has 2 aliphatic heterocycles. The Bertz CT molecular complexity index is 312. The Kier molecular flexibility index (Phi) is 1.97. The fourth-order valence-electron chi connectivity index (χ4n) is 2.85. The van der Waals surface area contributed by atoms with E-state index in [-0.39, 0.29) is 10.7 Å². The van der Waals surface area contributed by atoms with Crippen molar-refractivity contribution >= 4 is 9.84 Å². The van der Waals surface area contributed by atoms with Crippen LogP contribution in [0.1, 0.15) is 20.3 Å². The summed E-state index contributed by atoms with van der Waals surface area (Å²) in [5, 5.41) is 3.16. The van der Waals surface area contributed by atoms with Crippen LogP contribution in [0, 0.1) is 11.3 Å². The summed E-state index contributed by atoms with van der Waals surface area (Å²) < 4.78 is 23.3. The summed E-state index contributed by atoms with van der Waals surface area (Å²) in [7, 11) is -2.79. The van der Waals surface area contributed by atoms with Crippen LogP contribution in [0.3, 0.4) is 0 Å². The van der Waals surface area contributed by atoms with Crippen LogP contribution in [-0.4, -0.2) is 32.5 Å². The van der Waals surface area contributed by atoms with Gasteiger partial charge < -0.3 is 5.32 Å². The second-order valence-electron chi connectivity index (χ2n) is 4.52. The summed E-state index contributed by atoms with van der Waals surface area (Å²) in [5.41, 5.74) is 0.0405. The minimum absolute atomic E-state index is 0.0405. The highest BCUT2D eigenvalue weighted by molar-refractivity contribution is 7.92. The maximum Gasteiger partial charge on any atom is 0.153 e. The SMILES string of the molecule is CC1CNCC12CCS(=O)(=O)C2C. The van der Waals surface area contributed by atoms with Crippen LogP contribution in [0.5, 0.6) is 0 Å². The first kappa shape index (κ1) is 9.46. The normalized spacial score (nSPS) is 48.8. The lowest BCUT2D eigenvalue weighted by Gasteiger charge is -2.30. The molecule has 0 aromatic carbocycles. The Balaban J connectivity index is 2.36. The van der Waals surface area contributed by atoms with E-state index in [4.69, 9.17) is 0 Å². The quantitative estimate of drug-likeness (QED) is 0.620. The molecule has 3 atom stereocenters. The molecule has 0 saturated carbocycles. The van der Waals surface area contributed by atoms with Crippen LogP contribution in [0.25, 0.3) is 0 Å². The van der Waals surface area contributed by atoms with E-state index in [9.17, 15) is 8.42 Å². The molecule has 4 heteroatoms. The Morgan fingerprint density at radius 1 is 1.38 bits per heavy atom. The van der Waals surface area contributed by atoms with Crippen molar-refractivity contribution in [3.8, 4) is 0 Å². The van der Waals surface area contributed by atoms with Crippen molar-refractivity contribution < 1.29 is 8.42 Å². The molecule has 0 radical (unpaired) electrons. The zero-order chi connectivity index (χ0) is 9.69. The van der Waals surface area contributed by atoms with Crippen molar-refractivity contribution in [1.82, 2.24) is 5.32 Å². The van der Waals surface area contributed by atoms with Crippen LogP contribution in [0.4, 0.5) is 0 Å². The molecule has 1 N–H and O–H groups in total. The monoisotopic (exact) mass is 203 g/mol. The maximum absolute atomic E-state index is 11.6. The molecule has 0 aliphatic carbocycles. The van der Waals surface area contributed by atoms with Gasteiger partial charge in [0.15, 0.2) is 9.84 Å². The average Bonchev–Trinajstić information content (AvgIpc) is 2.52. The Labute approximate surface area is 79.8 Å². The van der Waals surface area contributed by atoms with Crippen molar-refractivity contribution in [2.24, 2.45) is 11.3 Å². The number of nitrogens with one attached hydrogen (secondary N) is 1. The number of rotatable bonds is 0. The summed E-state index contributed by atoms with van der Waals surface area (Å²) in [6, 6.07) is 0. The van der Waals surface area contributed by atoms with E-state index in [0.29, 0.717) is 11.7 Å². The lowest BCUT2D eigenvalue weighted by molar-refractivity contribution is 0.243. The molecule has 0 amide bonds. The highest BCUT2D eigenvalue weighted by Crippen LogP contribution is 2.46. The van der Waals surface area contributed by atoms with E-state index in [1.807, 2.05) is 6.92 Å². The molecule has 0 aromatic rings. The standard InChI is InChI=1S/C9H17NO2S/c1-7-5-10-6-9(7)3-4-13(11,12)8(9)2/h7-8,10H,3-6H2,1-2H3. The third kappa shape index (κ3) is 1.15. The largest absolute Gasteiger partial charge is 0.316 e. The summed E-state index contributed by atoms with van der Waals surface area (Å²) in [6.45, 7) is 5.90. The molecule has 2 fully saturated rings. The van der Waals surface area contributed by atoms with Gasteiger partial charge in [-0.25, -0.2) is 8.42 Å². The Hall–Kier alpha value is -0.0900. The summed E-state index contributed by atoms with van der Waals surface area (Å²) in [6.07, 6.45) is 0.852. The molecule has 2 aliphatic rings. The smallest absolute Gasteiger partial charge is 0.153 e. The number of hydrogen-bond acceptors (Lipinski definition) is 3. The molecule has 0 bridgehead atoms. The van der Waals surface area contributed by atoms with Gasteiger partial charge in [-0.1, -0.05) is 6.92 Å². The Morgan fingerprint density at radius 3 is 2.46 bits per heavy atom. The molecule has 0 aromatic heterocycles. The molecular formula is C9H17NO2S. The predicted molar refractivity (Wildman–Crippen MR) is 52.3 cm³/mol. The van der Waals surface area contributed by atoms with Gasteiger partial charge in [-0.3, -0.25) is 0 Å². The van der Waals surface area contributed by atoms with Crippen LogP contribution in [-0.2, 0) is 9.84 Å². The van der Waals surface area contributed by atoms with Gasteiger partial charge in [0.1, 0.15) is 0 Å². The van der Waals surface area contributed by atoms with Crippen LogP contribution in [0.15, 0.2) is 0 Å². The highest BCUT2D eigenvalue weighted by atomic mass is 32.2. The van der Waals surface area contributed by atoms with Gasteiger partial charge in [-0.15, -0.1) is 0 Å². The molecule has 2 saturated heterocycles. The van der Waals surface area contributed by atoms with Crippen LogP contribution in [0.2, 0.25) is 0 Å². The van der Waals surface area contributed by atoms with Crippen molar-refractivity contribution in [2.45, 2.75) is 25.5 Å². The van der Waals surface area contributed by atoms with Crippen molar-refractivity contribution in [1.29, 1.82) is 0 Å². The zero-order valence-electron chi connectivity index (χ0n) is 8.21. The fraction of sp³-hybridized carbons (Fsp3) is 1.00. The van der Waals surface area contributed by atoms with Crippen molar-refractivity contribution in [2.75, 3.05) is 18.8 Å². The van der Waals surface area contributed by atoms with Gasteiger partial charge in [0, 0.05) is 12.0 Å². The average molecular weight is 203 g/mol. The highest BCUT2D eigenvalue weighted by Gasteiger charge is 2.54. The topological polar surface area (TPSA) is 46.2 Å². The van der Waals surface area contributed by atoms with Gasteiger partial charge in [-0.2, -0.15) is 0 Å². The minimum Gasteiger partial charge on any atom is -0.316 e. The molecule has 3 nitrogen and oxygen atoms in total. The Morgan fingerprint density at radius 2 is 2.08 bits per heavy atom. The van der Waals surface area contributed by atoms with E-state index in [1.165, 1.54) is 0 Å². The first-order valence-electron chi connectivity index (χ1n) is 4.91. The molecule has 1 spiro atoms. The van der Waals surface area contributed by atoms with E-state index >= 15 is 0 Å². The van der Waals surface area contributed by atoms with E-state index in [0.717, 1.165) is 19.5 Å². The lowest BCUT2D eigenvalue weighted by Crippen LogP contribution is -2.37. The first-order valence-corrected chi connectivity index (χ1v) is 6.63. The van der Waals surface area contributed by atoms with Gasteiger partial charge in [0.2, 0.25) is 0 Å². The van der Waals surface area contributed by atoms with E-state index in [2.05, 4.69) is 12.2 Å². The fourth-order valence-corrected chi connectivity index (χ4v) is 5.01. The summed E-state index contributed by atoms with van der Waals surface area (Å²) in [5.74, 6) is 0.889. The van der Waals surface area contributed by atoms with Crippen molar-refractivity contribution in [3.63, 3.8) is 0 Å². The predicted octanol–water partition coefficient (Wildman–Crippen LogP) is 0.419. The second-order valence-corrected chi connectivity index (χ2v) is 6.97. The molecule has 3 unspecified atom stereocenters. The van der Waals surface area contributed by atoms with Crippen LogP contribution < -0.4 is 5.32 Å². The molecule has 2 heterocycles. The van der Waals surface area contributed by atoms with E-state index in [1.54, 1.807) is 0 Å². The summed E-state index contributed by atoms with van der Waals surface area (Å²) >= 11 is 0. The molecule has 2 rings (SSSR count). The van der Waals surface area contributed by atoms with E-state index < -0.39 is 9.84 Å². The van der Waals surface area contributed by atoms with Gasteiger partial charge >= 0.3 is 0 Å². The van der Waals surface area contributed by atoms with Crippen molar-refractivity contribution in [3.05, 3.63) is 0 Å². The molecular weight excluding hydrogens is 186 g/mol. The zero-order valence-corrected chi connectivity index (χ0v) is 9.02. The third-order valence-corrected chi connectivity index (χ3v) is 6.41. The molecule has 13 heavy (non-hydrogen) atoms. The minimum atomic E-state index is -2.79. The first-order chi connectivity index (χ1) is 5.99. The van der Waals surface area contributed by atoms with Crippen LogP contribution >= 0.6 is 0 Å². The maximum atomic E-state index is 11.6.